The molecule has 1 atom stereocenters. The number of nitrogens with one attached hydrogen (secondary N) is 1. The van der Waals surface area contributed by atoms with Crippen molar-refractivity contribution in [1.82, 2.24) is 10.3 Å². The third-order valence-electron chi connectivity index (χ3n) is 8.95. The molecule has 0 aliphatic carbocycles. The quantitative estimate of drug-likeness (QED) is 0.195. The molecule has 0 saturated carbocycles. The van der Waals surface area contributed by atoms with Crippen LogP contribution in [0.15, 0.2) is 180 Å². The van der Waals surface area contributed by atoms with Crippen molar-refractivity contribution in [3.8, 4) is 32.8 Å². The minimum Gasteiger partial charge on any atom is -0.344 e. The molecule has 0 radical (unpaired) electrons. The van der Waals surface area contributed by atoms with E-state index in [2.05, 4.69) is 157 Å². The molecule has 9 rings (SSSR count). The van der Waals surface area contributed by atoms with Crippen LogP contribution in [-0.4, -0.2) is 16.7 Å². The second-order valence-electron chi connectivity index (χ2n) is 12.1. The van der Waals surface area contributed by atoms with Crippen LogP contribution in [0.2, 0.25) is 0 Å². The van der Waals surface area contributed by atoms with Crippen LogP contribution in [0.1, 0.15) is 22.9 Å². The van der Waals surface area contributed by atoms with E-state index < -0.39 is 0 Å². The Balaban J connectivity index is 1.12. The maximum atomic E-state index is 5.15. The summed E-state index contributed by atoms with van der Waals surface area (Å²) in [7, 11) is 0. The van der Waals surface area contributed by atoms with Crippen LogP contribution in [0.4, 0.5) is 0 Å². The predicted molar refractivity (Wildman–Crippen MR) is 205 cm³/mol. The average molecular weight is 647 g/mol. The number of nitrogens with zero attached hydrogens (tertiary/aromatic N) is 3. The van der Waals surface area contributed by atoms with Crippen molar-refractivity contribution in [2.45, 2.75) is 6.17 Å². The fraction of sp³-hybridized carbons (Fsp3) is 0.0227. The molecule has 7 aromatic carbocycles. The maximum Gasteiger partial charge on any atom is 0.159 e. The van der Waals surface area contributed by atoms with E-state index in [0.29, 0.717) is 5.84 Å². The highest BCUT2D eigenvalue weighted by molar-refractivity contribution is 7.22. The number of rotatable bonds is 6. The Hall–Kier alpha value is -6.17. The molecule has 5 heteroatoms. The molecule has 8 aromatic rings. The Bertz CT molecular complexity index is 2520. The number of amidine groups is 2. The first-order valence-corrected chi connectivity index (χ1v) is 17.2. The van der Waals surface area contributed by atoms with Crippen molar-refractivity contribution >= 4 is 44.0 Å². The summed E-state index contributed by atoms with van der Waals surface area (Å²) in [6, 6.07) is 59.3. The van der Waals surface area contributed by atoms with Gasteiger partial charge in [0.1, 0.15) is 17.0 Å². The van der Waals surface area contributed by atoms with E-state index in [0.717, 1.165) is 55.3 Å². The van der Waals surface area contributed by atoms with Gasteiger partial charge in [0, 0.05) is 22.1 Å². The van der Waals surface area contributed by atoms with Gasteiger partial charge in [-0.3, -0.25) is 0 Å². The van der Waals surface area contributed by atoms with Crippen molar-refractivity contribution in [3.63, 3.8) is 0 Å². The van der Waals surface area contributed by atoms with Gasteiger partial charge in [-0.2, -0.15) is 0 Å². The van der Waals surface area contributed by atoms with Crippen LogP contribution in [0.3, 0.4) is 0 Å². The second kappa shape index (κ2) is 12.5. The molecule has 232 valence electrons. The summed E-state index contributed by atoms with van der Waals surface area (Å²) in [6.07, 6.45) is -0.271. The van der Waals surface area contributed by atoms with Crippen LogP contribution in [0, 0.1) is 0 Å². The molecule has 0 fully saturated rings. The van der Waals surface area contributed by atoms with Crippen molar-refractivity contribution in [2.75, 3.05) is 0 Å². The summed E-state index contributed by atoms with van der Waals surface area (Å²) in [6.45, 7) is 0. The molecule has 1 aliphatic heterocycles. The molecule has 49 heavy (non-hydrogen) atoms. The van der Waals surface area contributed by atoms with Gasteiger partial charge in [-0.1, -0.05) is 146 Å². The summed E-state index contributed by atoms with van der Waals surface area (Å²) < 4.78 is 1.20. The third-order valence-corrected chi connectivity index (χ3v) is 10.1. The number of fused-ring (bicyclic) bond motifs is 3. The molecule has 1 aliphatic rings. The highest BCUT2D eigenvalue weighted by Crippen LogP contribution is 2.37. The Kier molecular flexibility index (Phi) is 7.37. The van der Waals surface area contributed by atoms with Crippen molar-refractivity contribution in [3.05, 3.63) is 187 Å². The van der Waals surface area contributed by atoms with Crippen LogP contribution < -0.4 is 5.32 Å². The fourth-order valence-corrected chi connectivity index (χ4v) is 7.53. The highest BCUT2D eigenvalue weighted by atomic mass is 32.1. The zero-order chi connectivity index (χ0) is 32.6. The minimum atomic E-state index is -0.271. The Morgan fingerprint density at radius 1 is 0.490 bits per heavy atom. The fourth-order valence-electron chi connectivity index (χ4n) is 6.43. The number of hydrogen-bond acceptors (Lipinski definition) is 5. The minimum absolute atomic E-state index is 0.271. The predicted octanol–water partition coefficient (Wildman–Crippen LogP) is 10.9. The number of benzene rings is 7. The third kappa shape index (κ3) is 5.71. The van der Waals surface area contributed by atoms with Crippen LogP contribution >= 0.6 is 11.3 Å². The van der Waals surface area contributed by atoms with E-state index >= 15 is 0 Å². The van der Waals surface area contributed by atoms with Crippen molar-refractivity contribution in [1.29, 1.82) is 0 Å². The second-order valence-corrected chi connectivity index (χ2v) is 13.1. The SMILES string of the molecule is c1ccc(-c2cccc(C3=NC(c4cccc(-c5ccc6ccc7nc(-c8ccccc8)sc7c6c5)c4)=NC(c4ccccc4)N3)c2)cc1. The van der Waals surface area contributed by atoms with Crippen LogP contribution in [0.5, 0.6) is 0 Å². The standard InChI is InChI=1S/C44H30N4S/c1-4-12-29(13-5-1)33-18-10-20-36(26-33)42-46-41(31-14-6-2-7-15-31)47-43(48-42)37-21-11-19-34(27-37)35-23-22-30-24-25-39-40(38(30)28-35)49-44(45-39)32-16-8-3-9-17-32/h1-28,41H,(H,46,47,48). The Morgan fingerprint density at radius 2 is 1.08 bits per heavy atom. The molecular formula is C44H30N4S. The molecule has 1 aromatic heterocycles. The van der Waals surface area contributed by atoms with Gasteiger partial charge in [-0.15, -0.1) is 11.3 Å². The van der Waals surface area contributed by atoms with Gasteiger partial charge in [-0.05, 0) is 57.5 Å². The van der Waals surface area contributed by atoms with Gasteiger partial charge in [0.25, 0.3) is 0 Å². The van der Waals surface area contributed by atoms with Crippen molar-refractivity contribution < 1.29 is 0 Å². The van der Waals surface area contributed by atoms with Crippen molar-refractivity contribution in [2.24, 2.45) is 9.98 Å². The Labute approximate surface area is 288 Å². The molecule has 0 spiro atoms. The van der Waals surface area contributed by atoms with E-state index in [1.807, 2.05) is 18.2 Å². The lowest BCUT2D eigenvalue weighted by Gasteiger charge is -2.24. The zero-order valence-electron chi connectivity index (χ0n) is 26.5. The molecule has 4 nitrogen and oxygen atoms in total. The van der Waals surface area contributed by atoms with Crippen LogP contribution in [0.25, 0.3) is 53.8 Å². The lowest BCUT2D eigenvalue weighted by Crippen LogP contribution is -2.33. The van der Waals surface area contributed by atoms with E-state index in [-0.39, 0.29) is 6.17 Å². The molecule has 0 bridgehead atoms. The van der Waals surface area contributed by atoms with Gasteiger partial charge in [0.2, 0.25) is 0 Å². The molecule has 1 N–H and O–H groups in total. The molecule has 0 saturated heterocycles. The van der Waals surface area contributed by atoms with Gasteiger partial charge in [-0.25, -0.2) is 15.0 Å². The van der Waals surface area contributed by atoms with Gasteiger partial charge in [0.05, 0.1) is 10.2 Å². The first-order valence-electron chi connectivity index (χ1n) is 16.4. The summed E-state index contributed by atoms with van der Waals surface area (Å²) in [5.41, 5.74) is 9.82. The smallest absolute Gasteiger partial charge is 0.159 e. The average Bonchev–Trinajstić information content (AvgIpc) is 3.64. The number of hydrogen-bond donors (Lipinski definition) is 1. The summed E-state index contributed by atoms with van der Waals surface area (Å²) in [5, 5.41) is 7.07. The first kappa shape index (κ1) is 29.0. The number of thiazole rings is 1. The topological polar surface area (TPSA) is 49.6 Å². The van der Waals surface area contributed by atoms with E-state index in [4.69, 9.17) is 15.0 Å². The van der Waals surface area contributed by atoms with E-state index in [9.17, 15) is 0 Å². The van der Waals surface area contributed by atoms with E-state index in [1.165, 1.54) is 21.0 Å². The summed E-state index contributed by atoms with van der Waals surface area (Å²) in [5.74, 6) is 1.50. The first-order chi connectivity index (χ1) is 24.2. The maximum absolute atomic E-state index is 5.15. The zero-order valence-corrected chi connectivity index (χ0v) is 27.3. The monoisotopic (exact) mass is 646 g/mol. The number of aliphatic imine (C=N–C) groups is 2. The summed E-state index contributed by atoms with van der Waals surface area (Å²) in [4.78, 5) is 15.3. The van der Waals surface area contributed by atoms with Gasteiger partial charge in [0.15, 0.2) is 5.84 Å². The Morgan fingerprint density at radius 3 is 1.86 bits per heavy atom. The number of aromatic nitrogens is 1. The van der Waals surface area contributed by atoms with Crippen LogP contribution in [-0.2, 0) is 0 Å². The molecular weight excluding hydrogens is 617 g/mol. The van der Waals surface area contributed by atoms with Gasteiger partial charge < -0.3 is 5.32 Å². The molecule has 2 heterocycles. The normalized spacial score (nSPS) is 14.3. The lowest BCUT2D eigenvalue weighted by molar-refractivity contribution is 0.674. The lowest BCUT2D eigenvalue weighted by atomic mass is 9.99. The largest absolute Gasteiger partial charge is 0.344 e. The summed E-state index contributed by atoms with van der Waals surface area (Å²) >= 11 is 1.75. The van der Waals surface area contributed by atoms with Gasteiger partial charge >= 0.3 is 0 Å². The highest BCUT2D eigenvalue weighted by Gasteiger charge is 2.21. The molecule has 1 unspecified atom stereocenters. The molecule has 0 amide bonds. The van der Waals surface area contributed by atoms with E-state index in [1.54, 1.807) is 11.3 Å².